The number of nitrogens with one attached hydrogen (secondary N) is 1. The first kappa shape index (κ1) is 23.6. The highest BCUT2D eigenvalue weighted by Crippen LogP contribution is 2.28. The van der Waals surface area contributed by atoms with Gasteiger partial charge in [0.05, 0.1) is 27.3 Å². The number of fused-ring (bicyclic) bond motifs is 1. The molecule has 0 saturated heterocycles. The molecule has 2 aromatic heterocycles. The van der Waals surface area contributed by atoms with E-state index in [1.165, 1.54) is 35.2 Å². The van der Waals surface area contributed by atoms with Crippen LogP contribution < -0.4 is 10.9 Å². The average molecular weight is 496 g/mol. The molecule has 34 heavy (non-hydrogen) atoms. The molecular weight excluding hydrogens is 474 g/mol. The summed E-state index contributed by atoms with van der Waals surface area (Å²) < 4.78 is 1.63. The van der Waals surface area contributed by atoms with Crippen LogP contribution in [-0.4, -0.2) is 31.1 Å². The second-order valence-electron chi connectivity index (χ2n) is 7.40. The van der Waals surface area contributed by atoms with Crippen molar-refractivity contribution in [1.82, 2.24) is 14.5 Å². The Labute approximate surface area is 203 Å². The van der Waals surface area contributed by atoms with Crippen LogP contribution in [0.1, 0.15) is 19.8 Å². The lowest BCUT2D eigenvalue weighted by Crippen LogP contribution is -2.24. The van der Waals surface area contributed by atoms with Crippen LogP contribution >= 0.6 is 23.1 Å². The van der Waals surface area contributed by atoms with Gasteiger partial charge in [-0.15, -0.1) is 11.3 Å². The molecular formula is C23H21N5O4S2. The van der Waals surface area contributed by atoms with Crippen LogP contribution in [0.25, 0.3) is 22.2 Å². The van der Waals surface area contributed by atoms with Gasteiger partial charge in [0, 0.05) is 29.6 Å². The first-order chi connectivity index (χ1) is 16.5. The van der Waals surface area contributed by atoms with Gasteiger partial charge in [-0.05, 0) is 18.6 Å². The molecule has 0 aliphatic carbocycles. The standard InChI is InChI=1S/C23H21N5O4S2/c1-2-3-11-27-21(30)17-9-4-5-10-18(17)25-23(27)34-14-20(29)26-22-24-19(13-33-22)15-7-6-8-16(12-15)28(31)32/h4-10,12-13H,2-3,11,14H2,1H3,(H,24,26,29). The Morgan fingerprint density at radius 1 is 1.21 bits per heavy atom. The summed E-state index contributed by atoms with van der Waals surface area (Å²) in [6.45, 7) is 2.59. The van der Waals surface area contributed by atoms with E-state index in [2.05, 4.69) is 22.2 Å². The molecule has 0 spiro atoms. The zero-order chi connectivity index (χ0) is 24.1. The van der Waals surface area contributed by atoms with Gasteiger partial charge in [-0.3, -0.25) is 24.3 Å². The number of nitro benzene ring substituents is 1. The lowest BCUT2D eigenvalue weighted by Gasteiger charge is -2.12. The number of non-ortho nitro benzene ring substituents is 1. The largest absolute Gasteiger partial charge is 0.301 e. The Kier molecular flexibility index (Phi) is 7.33. The fourth-order valence-corrected chi connectivity index (χ4v) is 4.86. The van der Waals surface area contributed by atoms with Crippen molar-refractivity contribution in [2.75, 3.05) is 11.1 Å². The molecule has 2 aromatic carbocycles. The smallest absolute Gasteiger partial charge is 0.270 e. The fraction of sp³-hybridized carbons (Fsp3) is 0.217. The SMILES string of the molecule is CCCCn1c(SCC(=O)Nc2nc(-c3cccc([N+](=O)[O-])c3)cs2)nc2ccccc2c1=O. The molecule has 4 aromatic rings. The third-order valence-electron chi connectivity index (χ3n) is 5.00. The quantitative estimate of drug-likeness (QED) is 0.151. The molecule has 4 rings (SSSR count). The predicted molar refractivity (Wildman–Crippen MR) is 134 cm³/mol. The number of nitrogens with zero attached hydrogens (tertiary/aromatic N) is 4. The van der Waals surface area contributed by atoms with E-state index in [1.54, 1.807) is 34.2 Å². The number of hydrogen-bond acceptors (Lipinski definition) is 8. The van der Waals surface area contributed by atoms with Gasteiger partial charge in [0.2, 0.25) is 5.91 Å². The van der Waals surface area contributed by atoms with Crippen LogP contribution in [0, 0.1) is 10.1 Å². The number of rotatable bonds is 9. The Hall–Kier alpha value is -3.57. The van der Waals surface area contributed by atoms with E-state index < -0.39 is 4.92 Å². The Bertz CT molecular complexity index is 1420. The zero-order valence-corrected chi connectivity index (χ0v) is 19.9. The summed E-state index contributed by atoms with van der Waals surface area (Å²) >= 11 is 2.44. The summed E-state index contributed by atoms with van der Waals surface area (Å²) in [5.74, 6) is -0.225. The number of anilines is 1. The Morgan fingerprint density at radius 2 is 2.03 bits per heavy atom. The van der Waals surface area contributed by atoms with E-state index in [1.807, 2.05) is 12.1 Å². The van der Waals surface area contributed by atoms with Crippen molar-refractivity contribution in [3.8, 4) is 11.3 Å². The maximum atomic E-state index is 13.0. The third kappa shape index (κ3) is 5.32. The number of carbonyl (C=O) groups is 1. The third-order valence-corrected chi connectivity index (χ3v) is 6.73. The topological polar surface area (TPSA) is 120 Å². The van der Waals surface area contributed by atoms with Crippen LogP contribution in [-0.2, 0) is 11.3 Å². The van der Waals surface area contributed by atoms with Gasteiger partial charge >= 0.3 is 0 Å². The molecule has 11 heteroatoms. The summed E-state index contributed by atoms with van der Waals surface area (Å²) in [6.07, 6.45) is 1.76. The van der Waals surface area contributed by atoms with Crippen molar-refractivity contribution in [2.24, 2.45) is 0 Å². The molecule has 174 valence electrons. The van der Waals surface area contributed by atoms with Crippen molar-refractivity contribution in [2.45, 2.75) is 31.5 Å². The van der Waals surface area contributed by atoms with Crippen molar-refractivity contribution in [3.63, 3.8) is 0 Å². The van der Waals surface area contributed by atoms with Crippen LogP contribution in [0.5, 0.6) is 0 Å². The van der Waals surface area contributed by atoms with Crippen LogP contribution in [0.15, 0.2) is 63.9 Å². The van der Waals surface area contributed by atoms with Gasteiger partial charge in [0.25, 0.3) is 11.2 Å². The van der Waals surface area contributed by atoms with Gasteiger partial charge in [-0.2, -0.15) is 0 Å². The first-order valence-electron chi connectivity index (χ1n) is 10.6. The minimum absolute atomic E-state index is 0.0236. The maximum Gasteiger partial charge on any atom is 0.270 e. The molecule has 0 saturated carbocycles. The summed E-state index contributed by atoms with van der Waals surface area (Å²) in [5, 5.41) is 16.9. The van der Waals surface area contributed by atoms with E-state index in [0.717, 1.165) is 12.8 Å². The lowest BCUT2D eigenvalue weighted by molar-refractivity contribution is -0.384. The van der Waals surface area contributed by atoms with E-state index >= 15 is 0 Å². The average Bonchev–Trinajstić information content (AvgIpc) is 3.31. The number of benzene rings is 2. The molecule has 1 N–H and O–H groups in total. The fourth-order valence-electron chi connectivity index (χ4n) is 3.30. The lowest BCUT2D eigenvalue weighted by atomic mass is 10.1. The maximum absolute atomic E-state index is 13.0. The van der Waals surface area contributed by atoms with Crippen LogP contribution in [0.3, 0.4) is 0 Å². The van der Waals surface area contributed by atoms with Gasteiger partial charge in [-0.1, -0.05) is 49.4 Å². The van der Waals surface area contributed by atoms with E-state index in [9.17, 15) is 19.7 Å². The van der Waals surface area contributed by atoms with Gasteiger partial charge in [0.15, 0.2) is 10.3 Å². The molecule has 2 heterocycles. The number of nitro groups is 1. The van der Waals surface area contributed by atoms with Gasteiger partial charge in [0.1, 0.15) is 0 Å². The highest BCUT2D eigenvalue weighted by molar-refractivity contribution is 7.99. The minimum Gasteiger partial charge on any atom is -0.301 e. The molecule has 0 aliphatic rings. The Balaban J connectivity index is 1.47. The second-order valence-corrected chi connectivity index (χ2v) is 9.20. The van der Waals surface area contributed by atoms with Crippen LogP contribution in [0.4, 0.5) is 10.8 Å². The van der Waals surface area contributed by atoms with Crippen molar-refractivity contribution in [1.29, 1.82) is 0 Å². The van der Waals surface area contributed by atoms with E-state index in [-0.39, 0.29) is 22.9 Å². The van der Waals surface area contributed by atoms with Crippen molar-refractivity contribution >= 4 is 50.7 Å². The highest BCUT2D eigenvalue weighted by atomic mass is 32.2. The number of thiazole rings is 1. The number of unbranched alkanes of at least 4 members (excludes halogenated alkanes) is 1. The summed E-state index contributed by atoms with van der Waals surface area (Å²) in [7, 11) is 0. The highest BCUT2D eigenvalue weighted by Gasteiger charge is 2.15. The molecule has 0 bridgehead atoms. The van der Waals surface area contributed by atoms with Gasteiger partial charge < -0.3 is 5.32 Å². The Morgan fingerprint density at radius 3 is 2.82 bits per heavy atom. The summed E-state index contributed by atoms with van der Waals surface area (Å²) in [5.41, 5.74) is 1.61. The molecule has 9 nitrogen and oxygen atoms in total. The van der Waals surface area contributed by atoms with Gasteiger partial charge in [-0.25, -0.2) is 9.97 Å². The monoisotopic (exact) mass is 495 g/mol. The normalized spacial score (nSPS) is 11.0. The van der Waals surface area contributed by atoms with Crippen LogP contribution in [0.2, 0.25) is 0 Å². The van der Waals surface area contributed by atoms with Crippen molar-refractivity contribution < 1.29 is 9.72 Å². The number of aromatic nitrogens is 3. The second kappa shape index (κ2) is 10.6. The molecule has 1 amide bonds. The molecule has 0 atom stereocenters. The number of thioether (sulfide) groups is 1. The van der Waals surface area contributed by atoms with E-state index in [0.29, 0.717) is 39.0 Å². The number of para-hydroxylation sites is 1. The molecule has 0 unspecified atom stereocenters. The summed E-state index contributed by atoms with van der Waals surface area (Å²) in [4.78, 5) is 45.1. The zero-order valence-electron chi connectivity index (χ0n) is 18.3. The number of amides is 1. The van der Waals surface area contributed by atoms with E-state index in [4.69, 9.17) is 0 Å². The first-order valence-corrected chi connectivity index (χ1v) is 12.5. The van der Waals surface area contributed by atoms with Crippen molar-refractivity contribution in [3.05, 3.63) is 74.4 Å². The number of hydrogen-bond donors (Lipinski definition) is 1. The molecule has 0 radical (unpaired) electrons. The molecule has 0 aliphatic heterocycles. The predicted octanol–water partition coefficient (Wildman–Crippen LogP) is 4.96. The minimum atomic E-state index is -0.462. The molecule has 0 fully saturated rings. The summed E-state index contributed by atoms with van der Waals surface area (Å²) in [6, 6.07) is 13.4. The number of carbonyl (C=O) groups excluding carboxylic acids is 1.